The summed E-state index contributed by atoms with van der Waals surface area (Å²) in [4.78, 5) is 16.9. The first kappa shape index (κ1) is 17.8. The molecule has 0 atom stereocenters. The summed E-state index contributed by atoms with van der Waals surface area (Å²) < 4.78 is 0. The van der Waals surface area contributed by atoms with E-state index in [1.165, 1.54) is 44.6 Å². The van der Waals surface area contributed by atoms with Crippen LogP contribution in [0, 0.1) is 11.8 Å². The molecule has 1 amide bonds. The van der Waals surface area contributed by atoms with Crippen molar-refractivity contribution in [2.24, 2.45) is 11.8 Å². The Kier molecular flexibility index (Phi) is 5.75. The van der Waals surface area contributed by atoms with Gasteiger partial charge in [-0.25, -0.2) is 0 Å². The molecule has 1 aromatic rings. The molecule has 2 aliphatic heterocycles. The number of nitrogens with zero attached hydrogens (tertiary/aromatic N) is 2. The van der Waals surface area contributed by atoms with E-state index < -0.39 is 0 Å². The van der Waals surface area contributed by atoms with Gasteiger partial charge in [-0.3, -0.25) is 9.69 Å². The molecule has 2 heterocycles. The molecule has 2 saturated heterocycles. The Morgan fingerprint density at radius 1 is 1.00 bits per heavy atom. The Morgan fingerprint density at radius 2 is 1.69 bits per heavy atom. The third-order valence-electron chi connectivity index (χ3n) is 6.13. The molecule has 1 saturated carbocycles. The molecule has 0 aromatic heterocycles. The average Bonchev–Trinajstić information content (AvgIpc) is 3.54. The van der Waals surface area contributed by atoms with Gasteiger partial charge in [-0.05, 0) is 81.9 Å². The van der Waals surface area contributed by atoms with Crippen molar-refractivity contribution in [2.75, 3.05) is 56.0 Å². The van der Waals surface area contributed by atoms with E-state index >= 15 is 0 Å². The van der Waals surface area contributed by atoms with Crippen molar-refractivity contribution >= 4 is 17.3 Å². The number of rotatable bonds is 6. The molecule has 3 aliphatic rings. The number of nitrogens with one attached hydrogen (secondary N) is 2. The van der Waals surface area contributed by atoms with Crippen LogP contribution in [0.15, 0.2) is 24.3 Å². The van der Waals surface area contributed by atoms with Gasteiger partial charge in [0.1, 0.15) is 0 Å². The van der Waals surface area contributed by atoms with Crippen LogP contribution in [0.4, 0.5) is 11.4 Å². The summed E-state index contributed by atoms with van der Waals surface area (Å²) in [5, 5.41) is 6.47. The van der Waals surface area contributed by atoms with Crippen LogP contribution in [-0.4, -0.2) is 56.6 Å². The lowest BCUT2D eigenvalue weighted by Gasteiger charge is -2.37. The van der Waals surface area contributed by atoms with E-state index in [9.17, 15) is 4.79 Å². The Bertz CT molecular complexity index is 585. The van der Waals surface area contributed by atoms with Crippen LogP contribution >= 0.6 is 0 Å². The summed E-state index contributed by atoms with van der Waals surface area (Å²) in [6.45, 7) is 8.17. The van der Waals surface area contributed by atoms with Gasteiger partial charge in [0.2, 0.25) is 5.91 Å². The van der Waals surface area contributed by atoms with Crippen molar-refractivity contribution in [3.8, 4) is 0 Å². The summed E-state index contributed by atoms with van der Waals surface area (Å²) in [6, 6.07) is 8.37. The van der Waals surface area contributed by atoms with Gasteiger partial charge in [-0.15, -0.1) is 0 Å². The minimum atomic E-state index is 0.181. The van der Waals surface area contributed by atoms with Crippen molar-refractivity contribution < 1.29 is 4.79 Å². The van der Waals surface area contributed by atoms with E-state index in [1.807, 2.05) is 12.1 Å². The topological polar surface area (TPSA) is 47.6 Å². The fourth-order valence-electron chi connectivity index (χ4n) is 4.11. The van der Waals surface area contributed by atoms with Crippen LogP contribution in [0.25, 0.3) is 0 Å². The predicted octanol–water partition coefficient (Wildman–Crippen LogP) is 2.55. The van der Waals surface area contributed by atoms with Crippen molar-refractivity contribution in [3.05, 3.63) is 24.3 Å². The van der Waals surface area contributed by atoms with Gasteiger partial charge >= 0.3 is 0 Å². The summed E-state index contributed by atoms with van der Waals surface area (Å²) in [7, 11) is 0. The highest BCUT2D eigenvalue weighted by molar-refractivity contribution is 5.94. The molecule has 5 heteroatoms. The number of hydrogen-bond donors (Lipinski definition) is 2. The van der Waals surface area contributed by atoms with Gasteiger partial charge in [0.25, 0.3) is 0 Å². The summed E-state index contributed by atoms with van der Waals surface area (Å²) >= 11 is 0. The van der Waals surface area contributed by atoms with E-state index in [-0.39, 0.29) is 11.8 Å². The highest BCUT2D eigenvalue weighted by atomic mass is 16.2. The lowest BCUT2D eigenvalue weighted by molar-refractivity contribution is -0.117. The zero-order chi connectivity index (χ0) is 17.8. The highest BCUT2D eigenvalue weighted by Crippen LogP contribution is 2.30. The quantitative estimate of drug-likeness (QED) is 0.822. The number of hydrogen-bond acceptors (Lipinski definition) is 4. The molecule has 142 valence electrons. The van der Waals surface area contributed by atoms with Crippen molar-refractivity contribution in [1.29, 1.82) is 0 Å². The van der Waals surface area contributed by atoms with Crippen molar-refractivity contribution in [1.82, 2.24) is 10.2 Å². The van der Waals surface area contributed by atoms with Crippen LogP contribution in [0.3, 0.4) is 0 Å². The van der Waals surface area contributed by atoms with Crippen LogP contribution < -0.4 is 15.5 Å². The fraction of sp³-hybridized carbons (Fsp3) is 0.667. The maximum atomic E-state index is 11.8. The maximum Gasteiger partial charge on any atom is 0.227 e. The number of anilines is 2. The Hall–Kier alpha value is -1.59. The molecule has 3 fully saturated rings. The minimum absolute atomic E-state index is 0.181. The molecule has 5 nitrogen and oxygen atoms in total. The minimum Gasteiger partial charge on any atom is -0.369 e. The molecule has 0 unspecified atom stereocenters. The number of piperidine rings is 1. The second-order valence-electron chi connectivity index (χ2n) is 8.12. The molecule has 1 aromatic carbocycles. The number of benzene rings is 1. The lowest BCUT2D eigenvalue weighted by Crippen LogP contribution is -2.47. The van der Waals surface area contributed by atoms with Gasteiger partial charge in [0, 0.05) is 43.5 Å². The number of carbonyl (C=O) groups is 1. The van der Waals surface area contributed by atoms with E-state index in [0.717, 1.165) is 50.6 Å². The van der Waals surface area contributed by atoms with Crippen molar-refractivity contribution in [3.63, 3.8) is 0 Å². The molecule has 0 radical (unpaired) electrons. The third kappa shape index (κ3) is 4.77. The van der Waals surface area contributed by atoms with Gasteiger partial charge < -0.3 is 15.5 Å². The zero-order valence-electron chi connectivity index (χ0n) is 15.8. The monoisotopic (exact) mass is 356 g/mol. The van der Waals surface area contributed by atoms with E-state index in [2.05, 4.69) is 32.6 Å². The Balaban J connectivity index is 1.20. The molecular formula is C21H32N4O. The van der Waals surface area contributed by atoms with Gasteiger partial charge in [0.05, 0.1) is 0 Å². The van der Waals surface area contributed by atoms with Gasteiger partial charge in [-0.1, -0.05) is 0 Å². The average molecular weight is 357 g/mol. The van der Waals surface area contributed by atoms with Gasteiger partial charge in [-0.2, -0.15) is 0 Å². The first-order valence-electron chi connectivity index (χ1n) is 10.4. The predicted molar refractivity (Wildman–Crippen MR) is 107 cm³/mol. The van der Waals surface area contributed by atoms with Crippen LogP contribution in [0.1, 0.15) is 32.1 Å². The molecule has 26 heavy (non-hydrogen) atoms. The smallest absolute Gasteiger partial charge is 0.227 e. The molecule has 4 rings (SSSR count). The first-order valence-corrected chi connectivity index (χ1v) is 10.4. The van der Waals surface area contributed by atoms with E-state index in [1.54, 1.807) is 0 Å². The SMILES string of the molecule is O=C(Nc1ccc(N2CCN(CCC3CCNCC3)CC2)cc1)C1CC1. The summed E-state index contributed by atoms with van der Waals surface area (Å²) in [5.41, 5.74) is 2.19. The zero-order valence-corrected chi connectivity index (χ0v) is 15.8. The van der Waals surface area contributed by atoms with Crippen molar-refractivity contribution in [2.45, 2.75) is 32.1 Å². The Labute approximate surface area is 157 Å². The second kappa shape index (κ2) is 8.40. The Morgan fingerprint density at radius 3 is 2.35 bits per heavy atom. The van der Waals surface area contributed by atoms with E-state index in [4.69, 9.17) is 0 Å². The molecular weight excluding hydrogens is 324 g/mol. The third-order valence-corrected chi connectivity index (χ3v) is 6.13. The summed E-state index contributed by atoms with van der Waals surface area (Å²) in [5.74, 6) is 1.36. The maximum absolute atomic E-state index is 11.8. The van der Waals surface area contributed by atoms with Crippen LogP contribution in [0.5, 0.6) is 0 Å². The normalized spacial score (nSPS) is 22.4. The molecule has 1 aliphatic carbocycles. The van der Waals surface area contributed by atoms with Crippen LogP contribution in [-0.2, 0) is 4.79 Å². The second-order valence-corrected chi connectivity index (χ2v) is 8.12. The van der Waals surface area contributed by atoms with E-state index in [0.29, 0.717) is 0 Å². The van der Waals surface area contributed by atoms with Crippen LogP contribution in [0.2, 0.25) is 0 Å². The standard InChI is InChI=1S/C21H32N4O/c26-21(18-1-2-18)23-19-3-5-20(6-4-19)25-15-13-24(14-16-25)12-9-17-7-10-22-11-8-17/h3-6,17-18,22H,1-2,7-16H2,(H,23,26). The van der Waals surface area contributed by atoms with Gasteiger partial charge in [0.15, 0.2) is 0 Å². The number of piperazine rings is 1. The lowest BCUT2D eigenvalue weighted by atomic mass is 9.94. The molecule has 0 spiro atoms. The molecule has 0 bridgehead atoms. The fourth-order valence-corrected chi connectivity index (χ4v) is 4.11. The number of carbonyl (C=O) groups excluding carboxylic acids is 1. The summed E-state index contributed by atoms with van der Waals surface area (Å²) in [6.07, 6.45) is 6.15. The number of amides is 1. The molecule has 2 N–H and O–H groups in total. The largest absolute Gasteiger partial charge is 0.369 e. The first-order chi connectivity index (χ1) is 12.8. The highest BCUT2D eigenvalue weighted by Gasteiger charge is 2.29.